The first-order valence-corrected chi connectivity index (χ1v) is 26.3. The van der Waals surface area contributed by atoms with E-state index in [1.165, 1.54) is 27.7 Å². The van der Waals surface area contributed by atoms with E-state index < -0.39 is 119 Å². The van der Waals surface area contributed by atoms with Crippen LogP contribution in [0.1, 0.15) is 137 Å². The number of hydrogen-bond donors (Lipinski definition) is 17. The van der Waals surface area contributed by atoms with Crippen LogP contribution in [0.2, 0.25) is 0 Å². The normalized spacial score (nSPS) is 13.2. The number of carboxylic acid groups (broad SMARTS) is 2. The number of unbranched alkanes of at least 4 members (excludes halogenated alkanes) is 3. The predicted molar refractivity (Wildman–Crippen MR) is 290 cm³/mol. The molecule has 0 aliphatic carbocycles. The summed E-state index contributed by atoms with van der Waals surface area (Å²) in [5.74, 6) is -9.91. The molecule has 32 heteroatoms. The van der Waals surface area contributed by atoms with E-state index in [-0.39, 0.29) is 154 Å². The molecule has 0 rings (SSSR count). The van der Waals surface area contributed by atoms with Crippen LogP contribution < -0.4 is 81.8 Å². The number of nitrogens with zero attached hydrogens (tertiary/aromatic N) is 2. The standard InChI is InChI=1S/C48H85N17O15/c1-27(66)59-33(16-11-25-57-47(50)51)44(78)64-32(14-6-9-23-55-42(76)36(61-29(3)68)18-20-38(70)71)41(75)54-22-8-5-13-31(40(49)74)63-46(80)35(65-45(79)34(60-28(2)67)17-12-26-58-48(52)53)15-7-10-24-56-43(77)37(62-30(4)69)19-21-39(72)73/h31-37H,5-26H2,1-4H3,(H2,49,74)(H,54,75)(H,55,76)(H,56,77)(H,59,66)(H,60,67)(H,61,68)(H,62,69)(H,63,80)(H,64,78)(H,65,79)(H,70,71)(H,72,73)(H4,50,51,57)(H4,52,53,58)/t31-,32-,33-,34-,35-,36-,37-/m0/s1. The van der Waals surface area contributed by atoms with Crippen molar-refractivity contribution in [1.82, 2.24) is 53.2 Å². The van der Waals surface area contributed by atoms with Crippen LogP contribution in [0, 0.1) is 0 Å². The highest BCUT2D eigenvalue weighted by Gasteiger charge is 2.30. The lowest BCUT2D eigenvalue weighted by atomic mass is 10.0. The second-order valence-electron chi connectivity index (χ2n) is 18.7. The minimum absolute atomic E-state index is 0.00325. The summed E-state index contributed by atoms with van der Waals surface area (Å²) < 4.78 is 0. The molecule has 80 heavy (non-hydrogen) atoms. The molecule has 0 fully saturated rings. The summed E-state index contributed by atoms with van der Waals surface area (Å²) in [5, 5.41) is 43.8. The van der Waals surface area contributed by atoms with Crippen LogP contribution in [-0.2, 0) is 62.3 Å². The summed E-state index contributed by atoms with van der Waals surface area (Å²) in [6.07, 6.45) is 0.951. The van der Waals surface area contributed by atoms with Gasteiger partial charge in [-0.15, -0.1) is 0 Å². The Balaban J connectivity index is 6.15. The summed E-state index contributed by atoms with van der Waals surface area (Å²) in [7, 11) is 0. The van der Waals surface area contributed by atoms with Gasteiger partial charge in [0, 0.05) is 73.3 Å². The molecule has 0 saturated carbocycles. The highest BCUT2D eigenvalue weighted by Crippen LogP contribution is 2.10. The number of nitrogens with one attached hydrogen (secondary N) is 10. The number of primary amides is 1. The fourth-order valence-electron chi connectivity index (χ4n) is 7.66. The molecule has 0 aliphatic heterocycles. The van der Waals surface area contributed by atoms with E-state index in [9.17, 15) is 62.3 Å². The van der Waals surface area contributed by atoms with Gasteiger partial charge < -0.3 is 92.0 Å². The minimum Gasteiger partial charge on any atom is -0.481 e. The summed E-state index contributed by atoms with van der Waals surface area (Å²) in [6.45, 7) is 5.12. The van der Waals surface area contributed by atoms with Gasteiger partial charge in [0.2, 0.25) is 65.0 Å². The monoisotopic (exact) mass is 1140 g/mol. The third-order valence-electron chi connectivity index (χ3n) is 11.5. The maximum Gasteiger partial charge on any atom is 0.303 e. The van der Waals surface area contributed by atoms with E-state index >= 15 is 0 Å². The van der Waals surface area contributed by atoms with Crippen molar-refractivity contribution in [2.24, 2.45) is 38.7 Å². The Bertz CT molecular complexity index is 2150. The molecular weight excluding hydrogens is 1050 g/mol. The molecule has 32 nitrogen and oxygen atoms in total. The summed E-state index contributed by atoms with van der Waals surface area (Å²) >= 11 is 0. The Morgan fingerprint density at radius 3 is 0.863 bits per heavy atom. The first-order chi connectivity index (χ1) is 37.6. The molecule has 0 unspecified atom stereocenters. The SMILES string of the molecule is CC(=O)N[C@@H](CCC(=O)O)C(=O)NCCCC[C@H](NC(=O)[C@H](CCCN=C(N)N)NC(C)=O)C(=O)NCCCC[C@H](NC(=O)[C@H](CCCCNC(=O)[C@H](CCC(=O)O)NC(C)=O)NC(=O)[C@H](CCCN=C(N)N)NC(C)=O)C(N)=O. The highest BCUT2D eigenvalue weighted by molar-refractivity contribution is 5.94. The zero-order chi connectivity index (χ0) is 60.7. The summed E-state index contributed by atoms with van der Waals surface area (Å²) in [5.41, 5.74) is 27.3. The lowest BCUT2D eigenvalue weighted by Crippen LogP contribution is -2.56. The van der Waals surface area contributed by atoms with Crippen molar-refractivity contribution in [2.45, 2.75) is 179 Å². The van der Waals surface area contributed by atoms with Gasteiger partial charge in [0.1, 0.15) is 42.3 Å². The third-order valence-corrected chi connectivity index (χ3v) is 11.5. The lowest BCUT2D eigenvalue weighted by molar-refractivity contribution is -0.138. The van der Waals surface area contributed by atoms with E-state index in [2.05, 4.69) is 63.2 Å². The largest absolute Gasteiger partial charge is 0.481 e. The number of rotatable bonds is 43. The van der Waals surface area contributed by atoms with Crippen LogP contribution in [0.5, 0.6) is 0 Å². The highest BCUT2D eigenvalue weighted by atomic mass is 16.4. The number of aliphatic carboxylic acids is 2. The van der Waals surface area contributed by atoms with Crippen LogP contribution in [0.3, 0.4) is 0 Å². The topological polar surface area (TPSA) is 537 Å². The van der Waals surface area contributed by atoms with E-state index in [1.54, 1.807) is 0 Å². The van der Waals surface area contributed by atoms with E-state index in [0.717, 1.165) is 0 Å². The number of carbonyl (C=O) groups is 13. The van der Waals surface area contributed by atoms with E-state index in [4.69, 9.17) is 38.9 Å². The number of amides is 11. The van der Waals surface area contributed by atoms with Crippen LogP contribution in [0.25, 0.3) is 0 Å². The van der Waals surface area contributed by atoms with Gasteiger partial charge >= 0.3 is 11.9 Å². The summed E-state index contributed by atoms with van der Waals surface area (Å²) in [4.78, 5) is 170. The van der Waals surface area contributed by atoms with Gasteiger partial charge in [-0.05, 0) is 96.3 Å². The third kappa shape index (κ3) is 35.9. The number of guanidine groups is 2. The van der Waals surface area contributed by atoms with Crippen molar-refractivity contribution in [3.8, 4) is 0 Å². The Labute approximate surface area is 464 Å². The summed E-state index contributed by atoms with van der Waals surface area (Å²) in [6, 6.07) is -8.19. The number of carbonyl (C=O) groups excluding carboxylic acids is 11. The number of carboxylic acids is 2. The second-order valence-corrected chi connectivity index (χ2v) is 18.7. The fraction of sp³-hybridized carbons (Fsp3) is 0.688. The molecule has 0 saturated heterocycles. The van der Waals surface area contributed by atoms with Gasteiger partial charge in [-0.25, -0.2) is 0 Å². The molecule has 0 bridgehead atoms. The number of nitrogens with two attached hydrogens (primary N) is 5. The molecule has 0 radical (unpaired) electrons. The zero-order valence-corrected chi connectivity index (χ0v) is 46.1. The van der Waals surface area contributed by atoms with Crippen LogP contribution in [-0.4, -0.2) is 174 Å². The van der Waals surface area contributed by atoms with Gasteiger partial charge in [-0.3, -0.25) is 72.3 Å². The van der Waals surface area contributed by atoms with Gasteiger partial charge in [0.25, 0.3) is 0 Å². The minimum atomic E-state index is -1.31. The quantitative estimate of drug-likeness (QED) is 0.0154. The fourth-order valence-corrected chi connectivity index (χ4v) is 7.66. The van der Waals surface area contributed by atoms with Gasteiger partial charge in [-0.1, -0.05) is 0 Å². The van der Waals surface area contributed by atoms with Crippen molar-refractivity contribution in [1.29, 1.82) is 0 Å². The van der Waals surface area contributed by atoms with Crippen molar-refractivity contribution < 1.29 is 72.5 Å². The van der Waals surface area contributed by atoms with Crippen molar-refractivity contribution in [3.63, 3.8) is 0 Å². The average molecular weight is 1140 g/mol. The van der Waals surface area contributed by atoms with Crippen LogP contribution >= 0.6 is 0 Å². The molecule has 0 aromatic heterocycles. The van der Waals surface area contributed by atoms with Gasteiger partial charge in [0.15, 0.2) is 11.9 Å². The number of aliphatic imine (C=N–C) groups is 2. The predicted octanol–water partition coefficient (Wildman–Crippen LogP) is -5.36. The zero-order valence-electron chi connectivity index (χ0n) is 46.1. The van der Waals surface area contributed by atoms with Crippen molar-refractivity contribution in [3.05, 3.63) is 0 Å². The molecule has 11 amide bonds. The Hall–Kier alpha value is -8.35. The molecule has 0 heterocycles. The number of hydrogen-bond acceptors (Lipinski definition) is 15. The van der Waals surface area contributed by atoms with Gasteiger partial charge in [0.05, 0.1) is 0 Å². The first kappa shape index (κ1) is 71.7. The molecule has 452 valence electrons. The molecule has 0 aromatic carbocycles. The smallest absolute Gasteiger partial charge is 0.303 e. The first-order valence-electron chi connectivity index (χ1n) is 26.3. The maximum atomic E-state index is 13.9. The molecular formula is C48H85N17O15. The Morgan fingerprint density at radius 2 is 0.588 bits per heavy atom. The second kappa shape index (κ2) is 40.8. The van der Waals surface area contributed by atoms with Crippen molar-refractivity contribution in [2.75, 3.05) is 32.7 Å². The Morgan fingerprint density at radius 1 is 0.338 bits per heavy atom. The molecule has 22 N–H and O–H groups in total. The molecule has 0 aliphatic rings. The van der Waals surface area contributed by atoms with Crippen molar-refractivity contribution >= 4 is 88.8 Å². The van der Waals surface area contributed by atoms with E-state index in [1.807, 2.05) is 0 Å². The molecule has 0 spiro atoms. The Kier molecular flexibility index (Phi) is 36.5. The van der Waals surface area contributed by atoms with Gasteiger partial charge in [-0.2, -0.15) is 0 Å². The average Bonchev–Trinajstić information content (AvgIpc) is 3.35. The van der Waals surface area contributed by atoms with Crippen LogP contribution in [0.4, 0.5) is 0 Å². The van der Waals surface area contributed by atoms with Crippen LogP contribution in [0.15, 0.2) is 9.98 Å². The van der Waals surface area contributed by atoms with E-state index in [0.29, 0.717) is 0 Å². The molecule has 7 atom stereocenters. The maximum absolute atomic E-state index is 13.9. The molecule has 0 aromatic rings. The lowest BCUT2D eigenvalue weighted by Gasteiger charge is -2.25.